The predicted molar refractivity (Wildman–Crippen MR) is 311 cm³/mol. The number of aromatic nitrogens is 14. The molecule has 3 saturated carbocycles. The summed E-state index contributed by atoms with van der Waals surface area (Å²) in [4.78, 5) is 30.6. The summed E-state index contributed by atoms with van der Waals surface area (Å²) in [7, 11) is 14.5. The molecule has 0 aromatic carbocycles. The average Bonchev–Trinajstić information content (AvgIpc) is 4.24. The van der Waals surface area contributed by atoms with Crippen molar-refractivity contribution in [2.75, 3.05) is 0 Å². The molecule has 0 amide bonds. The Morgan fingerprint density at radius 1 is 0.413 bits per heavy atom. The Balaban J connectivity index is 0.000000190. The monoisotopic (exact) mass is 1030 g/mol. The molecule has 0 N–H and O–H groups in total. The molecule has 0 atom stereocenters. The average molecular weight is 1030 g/mol. The number of imidazole rings is 7. The van der Waals surface area contributed by atoms with E-state index >= 15 is 0 Å². The summed E-state index contributed by atoms with van der Waals surface area (Å²) in [5.41, 5.74) is 12.7. The Bertz CT molecular complexity index is 2710. The van der Waals surface area contributed by atoms with E-state index in [9.17, 15) is 0 Å². The van der Waals surface area contributed by atoms with Crippen LogP contribution in [0.5, 0.6) is 0 Å². The summed E-state index contributed by atoms with van der Waals surface area (Å²) in [5.74, 6) is 11.3. The zero-order valence-electron chi connectivity index (χ0n) is 51.4. The third-order valence-corrected chi connectivity index (χ3v) is 16.5. The second-order valence-electron chi connectivity index (χ2n) is 22.5. The van der Waals surface area contributed by atoms with Crippen LogP contribution in [0.1, 0.15) is 232 Å². The number of aryl methyl sites for hydroxylation is 10. The van der Waals surface area contributed by atoms with E-state index in [0.29, 0.717) is 11.8 Å². The molecule has 3 aliphatic rings. The van der Waals surface area contributed by atoms with Gasteiger partial charge in [-0.05, 0) is 133 Å². The van der Waals surface area contributed by atoms with E-state index in [4.69, 9.17) is 0 Å². The topological polar surface area (TPSA) is 125 Å². The Labute approximate surface area is 454 Å². The van der Waals surface area contributed by atoms with Crippen LogP contribution in [0.4, 0.5) is 0 Å². The lowest BCUT2D eigenvalue weighted by molar-refractivity contribution is 0.627. The molecule has 0 spiro atoms. The molecule has 14 heteroatoms. The van der Waals surface area contributed by atoms with Crippen molar-refractivity contribution in [2.24, 2.45) is 49.3 Å². The lowest BCUT2D eigenvalue weighted by Gasteiger charge is -2.09. The molecule has 0 bridgehead atoms. The maximum atomic E-state index is 4.65. The molecule has 3 fully saturated rings. The van der Waals surface area contributed by atoms with Gasteiger partial charge in [-0.3, -0.25) is 0 Å². The van der Waals surface area contributed by atoms with Crippen molar-refractivity contribution in [3.05, 3.63) is 122 Å². The SMILES string of the molecule is Cc1cn(C)c(C)n1.Cc1cnc(C2CCCC2)n1C.Cc1nc(C(C)C)c(C)n1C.Cc1nc(C)n(C)c1C.Cc1nc(C2CCCC2)c(C)n1C.Cc1ncc(C(C)C)n1C.Cc1ncc(C2CCCC2)n1C. The third-order valence-electron chi connectivity index (χ3n) is 16.5. The second kappa shape index (κ2) is 28.6. The standard InChI is InChI=1S/C11H18N2.2C10H16N2.C9H16N2.C8H14N2.C7H12N2.C6H10N2/c1-8-11(10-6-4-5-7-10)12-9(2)13(8)3;1-8-11-7-10(12(8)2)9-5-3-4-6-9;1-8-7-11-10(12(8)2)9-5-3-4-6-9;1-6(2)9-7(3)11(5)8(4)10-9;1-6(2)8-5-9-7(3)10(8)4;1-5-6(2)9(4)7(3)8-5;1-5-4-8(3)6(2)7-5/h10H,4-7H2,1-3H3;2*7,9H,3-6H2,1-2H3;6H,1-5H3;5-6H,1-4H3;1-4H3;4H,1-3H3. The van der Waals surface area contributed by atoms with Gasteiger partial charge in [0, 0.05) is 126 Å². The molecule has 416 valence electrons. The van der Waals surface area contributed by atoms with E-state index in [1.165, 1.54) is 128 Å². The zero-order valence-corrected chi connectivity index (χ0v) is 51.4. The van der Waals surface area contributed by atoms with Crippen LogP contribution in [-0.2, 0) is 49.3 Å². The number of rotatable bonds is 5. The Morgan fingerprint density at radius 2 is 0.893 bits per heavy atom. The largest absolute Gasteiger partial charge is 0.338 e. The minimum atomic E-state index is 0.537. The normalized spacial score (nSPS) is 14.6. The highest BCUT2D eigenvalue weighted by Gasteiger charge is 2.23. The third kappa shape index (κ3) is 16.7. The van der Waals surface area contributed by atoms with Crippen molar-refractivity contribution in [1.82, 2.24) is 66.9 Å². The number of hydrogen-bond donors (Lipinski definition) is 0. The van der Waals surface area contributed by atoms with E-state index < -0.39 is 0 Å². The first-order valence-corrected chi connectivity index (χ1v) is 28.1. The number of hydrogen-bond acceptors (Lipinski definition) is 7. The van der Waals surface area contributed by atoms with Gasteiger partial charge in [-0.25, -0.2) is 34.9 Å². The van der Waals surface area contributed by atoms with Gasteiger partial charge in [-0.1, -0.05) is 66.2 Å². The van der Waals surface area contributed by atoms with Gasteiger partial charge in [0.15, 0.2) is 0 Å². The first-order chi connectivity index (χ1) is 35.3. The van der Waals surface area contributed by atoms with Crippen LogP contribution in [-0.4, -0.2) is 66.9 Å². The number of nitrogens with zero attached hydrogens (tertiary/aromatic N) is 14. The Kier molecular flexibility index (Phi) is 23.6. The molecular weight excluding hydrogens is 929 g/mol. The van der Waals surface area contributed by atoms with Crippen LogP contribution in [0, 0.1) is 83.1 Å². The van der Waals surface area contributed by atoms with Gasteiger partial charge in [-0.15, -0.1) is 0 Å². The maximum absolute atomic E-state index is 4.65. The highest BCUT2D eigenvalue weighted by molar-refractivity contribution is 5.21. The molecule has 75 heavy (non-hydrogen) atoms. The molecule has 0 aliphatic heterocycles. The minimum Gasteiger partial charge on any atom is -0.338 e. The summed E-state index contributed by atoms with van der Waals surface area (Å²) in [5, 5.41) is 0. The van der Waals surface area contributed by atoms with Crippen molar-refractivity contribution in [2.45, 2.75) is 217 Å². The smallest absolute Gasteiger partial charge is 0.111 e. The fraction of sp³-hybridized carbons (Fsp3) is 0.656. The molecule has 0 unspecified atom stereocenters. The van der Waals surface area contributed by atoms with Gasteiger partial charge in [0.1, 0.15) is 40.8 Å². The quantitative estimate of drug-likeness (QED) is 0.168. The van der Waals surface area contributed by atoms with Crippen LogP contribution >= 0.6 is 0 Å². The van der Waals surface area contributed by atoms with Gasteiger partial charge in [0.2, 0.25) is 0 Å². The van der Waals surface area contributed by atoms with Crippen molar-refractivity contribution in [3.8, 4) is 0 Å². The molecule has 7 aromatic heterocycles. The highest BCUT2D eigenvalue weighted by atomic mass is 15.1. The molecule has 0 saturated heterocycles. The van der Waals surface area contributed by atoms with E-state index in [-0.39, 0.29) is 0 Å². The van der Waals surface area contributed by atoms with Gasteiger partial charge in [0.05, 0.1) is 22.8 Å². The maximum Gasteiger partial charge on any atom is 0.111 e. The summed E-state index contributed by atoms with van der Waals surface area (Å²) in [6.45, 7) is 33.5. The lowest BCUT2D eigenvalue weighted by Crippen LogP contribution is -2.03. The van der Waals surface area contributed by atoms with Crippen molar-refractivity contribution in [1.29, 1.82) is 0 Å². The lowest BCUT2D eigenvalue weighted by atomic mass is 10.0. The summed E-state index contributed by atoms with van der Waals surface area (Å²) >= 11 is 0. The fourth-order valence-electron chi connectivity index (χ4n) is 10.5. The molecule has 7 aromatic rings. The zero-order chi connectivity index (χ0) is 56.0. The van der Waals surface area contributed by atoms with Crippen molar-refractivity contribution < 1.29 is 0 Å². The second-order valence-corrected chi connectivity index (χ2v) is 22.5. The molecular formula is C61H102N14. The van der Waals surface area contributed by atoms with E-state index in [1.54, 1.807) is 0 Å². The van der Waals surface area contributed by atoms with Crippen LogP contribution < -0.4 is 0 Å². The van der Waals surface area contributed by atoms with E-state index in [0.717, 1.165) is 64.1 Å². The van der Waals surface area contributed by atoms with Crippen molar-refractivity contribution >= 4 is 0 Å². The van der Waals surface area contributed by atoms with Crippen LogP contribution in [0.25, 0.3) is 0 Å². The Morgan fingerprint density at radius 3 is 1.19 bits per heavy atom. The van der Waals surface area contributed by atoms with Gasteiger partial charge >= 0.3 is 0 Å². The van der Waals surface area contributed by atoms with E-state index in [2.05, 4.69) is 167 Å². The van der Waals surface area contributed by atoms with Gasteiger partial charge < -0.3 is 32.0 Å². The van der Waals surface area contributed by atoms with Crippen LogP contribution in [0.2, 0.25) is 0 Å². The molecule has 3 aliphatic carbocycles. The molecule has 7 heterocycles. The Hall–Kier alpha value is -5.53. The summed E-state index contributed by atoms with van der Waals surface area (Å²) < 4.78 is 15.0. The summed E-state index contributed by atoms with van der Waals surface area (Å²) in [6, 6.07) is 0. The highest BCUT2D eigenvalue weighted by Crippen LogP contribution is 2.36. The van der Waals surface area contributed by atoms with Crippen molar-refractivity contribution in [3.63, 3.8) is 0 Å². The minimum absolute atomic E-state index is 0.537. The molecule has 14 nitrogen and oxygen atoms in total. The molecule has 10 rings (SSSR count). The molecule has 0 radical (unpaired) electrons. The van der Waals surface area contributed by atoms with Crippen LogP contribution in [0.3, 0.4) is 0 Å². The summed E-state index contributed by atoms with van der Waals surface area (Å²) in [6.07, 6.45) is 24.4. The first kappa shape index (κ1) is 62.0. The van der Waals surface area contributed by atoms with E-state index in [1.807, 2.05) is 85.0 Å². The first-order valence-electron chi connectivity index (χ1n) is 28.1. The van der Waals surface area contributed by atoms with Gasteiger partial charge in [-0.2, -0.15) is 0 Å². The fourth-order valence-corrected chi connectivity index (χ4v) is 10.5. The predicted octanol–water partition coefficient (Wildman–Crippen LogP) is 13.9. The van der Waals surface area contributed by atoms with Crippen LogP contribution in [0.15, 0.2) is 24.8 Å². The van der Waals surface area contributed by atoms with Gasteiger partial charge in [0.25, 0.3) is 0 Å².